The number of nitrogens with zero attached hydrogens (tertiary/aromatic N) is 4. The maximum absolute atomic E-state index is 5.79. The van der Waals surface area contributed by atoms with Crippen LogP contribution in [0.2, 0.25) is 0 Å². The van der Waals surface area contributed by atoms with Crippen molar-refractivity contribution in [2.75, 3.05) is 33.3 Å². The van der Waals surface area contributed by atoms with Crippen LogP contribution in [0.4, 0.5) is 0 Å². The first-order chi connectivity index (χ1) is 13.3. The van der Waals surface area contributed by atoms with Gasteiger partial charge in [0.25, 0.3) is 0 Å². The molecule has 4 rings (SSSR count). The van der Waals surface area contributed by atoms with Crippen LogP contribution in [-0.4, -0.2) is 53.7 Å². The summed E-state index contributed by atoms with van der Waals surface area (Å²) in [5, 5.41) is 3.63. The van der Waals surface area contributed by atoms with Crippen molar-refractivity contribution in [1.82, 2.24) is 19.8 Å². The number of piperidine rings is 1. The van der Waals surface area contributed by atoms with E-state index in [9.17, 15) is 0 Å². The average molecular weight is 367 g/mol. The van der Waals surface area contributed by atoms with Gasteiger partial charge in [-0.05, 0) is 30.4 Å². The van der Waals surface area contributed by atoms with Crippen LogP contribution in [0.1, 0.15) is 37.3 Å². The van der Waals surface area contributed by atoms with Gasteiger partial charge in [-0.15, -0.1) is 0 Å². The van der Waals surface area contributed by atoms with Crippen LogP contribution in [0.25, 0.3) is 0 Å². The maximum Gasteiger partial charge on any atom is 0.193 e. The van der Waals surface area contributed by atoms with Crippen molar-refractivity contribution in [1.29, 1.82) is 0 Å². The first kappa shape index (κ1) is 17.9. The number of ether oxygens (including phenoxy) is 1. The zero-order valence-corrected chi connectivity index (χ0v) is 16.2. The molecule has 6 heteroatoms. The van der Waals surface area contributed by atoms with Gasteiger partial charge in [0.1, 0.15) is 5.75 Å². The summed E-state index contributed by atoms with van der Waals surface area (Å²) in [6.45, 7) is 6.00. The Labute approximate surface area is 161 Å². The van der Waals surface area contributed by atoms with Gasteiger partial charge in [-0.2, -0.15) is 0 Å². The molecule has 0 radical (unpaired) electrons. The molecule has 0 bridgehead atoms. The summed E-state index contributed by atoms with van der Waals surface area (Å²) in [4.78, 5) is 11.2. The van der Waals surface area contributed by atoms with E-state index in [0.717, 1.165) is 50.8 Å². The van der Waals surface area contributed by atoms with Crippen LogP contribution < -0.4 is 10.1 Å². The van der Waals surface area contributed by atoms with Gasteiger partial charge in [-0.3, -0.25) is 4.99 Å². The lowest BCUT2D eigenvalue weighted by molar-refractivity contribution is 0.188. The van der Waals surface area contributed by atoms with Crippen molar-refractivity contribution in [3.8, 4) is 5.75 Å². The van der Waals surface area contributed by atoms with E-state index in [1.807, 2.05) is 25.6 Å². The molecule has 3 atom stereocenters. The van der Waals surface area contributed by atoms with Crippen molar-refractivity contribution in [2.24, 2.45) is 10.9 Å². The van der Waals surface area contributed by atoms with Gasteiger partial charge in [0.05, 0.1) is 19.0 Å². The largest absolute Gasteiger partial charge is 0.493 e. The normalized spacial score (nSPS) is 25.6. The summed E-state index contributed by atoms with van der Waals surface area (Å²) in [6.07, 6.45) is 8.06. The standard InChI is InChI=1S/C21H29N5O/c1-16-7-10-25(14-19(16)26-11-9-23-15-26)21(22-2)24-13-17-8-12-27-20-6-4-3-5-18(17)20/h3-6,9,11,15-17,19H,7-8,10,12-14H2,1-2H3,(H,22,24). The lowest BCUT2D eigenvalue weighted by Crippen LogP contribution is -2.49. The number of guanidine groups is 1. The Morgan fingerprint density at radius 2 is 2.22 bits per heavy atom. The fourth-order valence-corrected chi connectivity index (χ4v) is 4.27. The van der Waals surface area contributed by atoms with Gasteiger partial charge in [0.15, 0.2) is 5.96 Å². The molecule has 1 saturated heterocycles. The molecule has 2 aliphatic rings. The van der Waals surface area contributed by atoms with Crippen molar-refractivity contribution < 1.29 is 4.74 Å². The van der Waals surface area contributed by atoms with Gasteiger partial charge in [0, 0.05) is 45.0 Å². The third-order valence-electron chi connectivity index (χ3n) is 5.93. The van der Waals surface area contributed by atoms with Crippen LogP contribution in [0, 0.1) is 5.92 Å². The highest BCUT2D eigenvalue weighted by Crippen LogP contribution is 2.33. The van der Waals surface area contributed by atoms with Crippen LogP contribution in [0.3, 0.4) is 0 Å². The third-order valence-corrected chi connectivity index (χ3v) is 5.93. The van der Waals surface area contributed by atoms with E-state index in [1.54, 1.807) is 0 Å². The molecule has 0 amide bonds. The van der Waals surface area contributed by atoms with E-state index in [1.165, 1.54) is 5.56 Å². The molecule has 3 unspecified atom stereocenters. The van der Waals surface area contributed by atoms with E-state index in [2.05, 4.69) is 56.1 Å². The van der Waals surface area contributed by atoms with E-state index < -0.39 is 0 Å². The maximum atomic E-state index is 5.79. The van der Waals surface area contributed by atoms with Crippen LogP contribution in [0.15, 0.2) is 48.0 Å². The quantitative estimate of drug-likeness (QED) is 0.669. The molecule has 144 valence electrons. The van der Waals surface area contributed by atoms with E-state index in [4.69, 9.17) is 4.74 Å². The zero-order chi connectivity index (χ0) is 18.6. The number of rotatable bonds is 3. The number of hydrogen-bond acceptors (Lipinski definition) is 3. The number of hydrogen-bond donors (Lipinski definition) is 1. The minimum absolute atomic E-state index is 0.434. The van der Waals surface area contributed by atoms with E-state index in [-0.39, 0.29) is 0 Å². The summed E-state index contributed by atoms with van der Waals surface area (Å²) in [7, 11) is 1.88. The van der Waals surface area contributed by atoms with Crippen molar-refractivity contribution >= 4 is 5.96 Å². The highest BCUT2D eigenvalue weighted by Gasteiger charge is 2.29. The van der Waals surface area contributed by atoms with Crippen molar-refractivity contribution in [3.63, 3.8) is 0 Å². The summed E-state index contributed by atoms with van der Waals surface area (Å²) in [5.74, 6) is 3.12. The Kier molecular flexibility index (Phi) is 5.32. The SMILES string of the molecule is CN=C(NCC1CCOc2ccccc21)N1CCC(C)C(n2ccnc2)C1. The van der Waals surface area contributed by atoms with Gasteiger partial charge >= 0.3 is 0 Å². The summed E-state index contributed by atoms with van der Waals surface area (Å²) < 4.78 is 8.03. The number of para-hydroxylation sites is 1. The minimum atomic E-state index is 0.434. The fourth-order valence-electron chi connectivity index (χ4n) is 4.27. The van der Waals surface area contributed by atoms with Crippen molar-refractivity contribution in [2.45, 2.75) is 31.7 Å². The molecule has 27 heavy (non-hydrogen) atoms. The molecule has 1 fully saturated rings. The molecule has 0 spiro atoms. The molecule has 6 nitrogen and oxygen atoms in total. The lowest BCUT2D eigenvalue weighted by atomic mass is 9.92. The Morgan fingerprint density at radius 3 is 3.04 bits per heavy atom. The summed E-state index contributed by atoms with van der Waals surface area (Å²) in [6, 6.07) is 8.82. The molecule has 2 aromatic rings. The second-order valence-corrected chi connectivity index (χ2v) is 7.59. The number of imidazole rings is 1. The number of nitrogens with one attached hydrogen (secondary N) is 1. The molecule has 3 heterocycles. The third kappa shape index (κ3) is 3.80. The number of likely N-dealkylation sites (tertiary alicyclic amines) is 1. The average Bonchev–Trinajstić information content (AvgIpc) is 3.24. The molecule has 0 saturated carbocycles. The molecule has 1 aromatic carbocycles. The second kappa shape index (κ2) is 8.03. The molecule has 0 aliphatic carbocycles. The molecule has 2 aliphatic heterocycles. The predicted molar refractivity (Wildman–Crippen MR) is 107 cm³/mol. The Hall–Kier alpha value is -2.50. The number of benzene rings is 1. The molecular formula is C21H29N5O. The molecule has 1 aromatic heterocycles. The Morgan fingerprint density at radius 1 is 1.33 bits per heavy atom. The predicted octanol–water partition coefficient (Wildman–Crippen LogP) is 2.91. The van der Waals surface area contributed by atoms with Gasteiger partial charge < -0.3 is 19.5 Å². The fraction of sp³-hybridized carbons (Fsp3) is 0.524. The first-order valence-corrected chi connectivity index (χ1v) is 9.91. The Balaban J connectivity index is 1.41. The summed E-state index contributed by atoms with van der Waals surface area (Å²) >= 11 is 0. The van der Waals surface area contributed by atoms with Crippen LogP contribution in [-0.2, 0) is 0 Å². The lowest BCUT2D eigenvalue weighted by Gasteiger charge is -2.39. The zero-order valence-electron chi connectivity index (χ0n) is 16.2. The smallest absolute Gasteiger partial charge is 0.193 e. The van der Waals surface area contributed by atoms with E-state index >= 15 is 0 Å². The minimum Gasteiger partial charge on any atom is -0.493 e. The summed E-state index contributed by atoms with van der Waals surface area (Å²) in [5.41, 5.74) is 1.30. The number of aliphatic imine (C=N–C) groups is 1. The van der Waals surface area contributed by atoms with Crippen molar-refractivity contribution in [3.05, 3.63) is 48.5 Å². The molecule has 1 N–H and O–H groups in total. The highest BCUT2D eigenvalue weighted by molar-refractivity contribution is 5.80. The Bertz CT molecular complexity index is 773. The molecular weight excluding hydrogens is 338 g/mol. The second-order valence-electron chi connectivity index (χ2n) is 7.59. The van der Waals surface area contributed by atoms with Crippen LogP contribution in [0.5, 0.6) is 5.75 Å². The monoisotopic (exact) mass is 367 g/mol. The van der Waals surface area contributed by atoms with Crippen LogP contribution >= 0.6 is 0 Å². The highest BCUT2D eigenvalue weighted by atomic mass is 16.5. The van der Waals surface area contributed by atoms with Gasteiger partial charge in [0.2, 0.25) is 0 Å². The van der Waals surface area contributed by atoms with E-state index in [0.29, 0.717) is 17.9 Å². The van der Waals surface area contributed by atoms with Gasteiger partial charge in [-0.1, -0.05) is 25.1 Å². The first-order valence-electron chi connectivity index (χ1n) is 9.91. The van der Waals surface area contributed by atoms with Gasteiger partial charge in [-0.25, -0.2) is 4.98 Å². The number of fused-ring (bicyclic) bond motifs is 1. The topological polar surface area (TPSA) is 54.7 Å². The number of aromatic nitrogens is 2.